The number of hydrogen-bond donors (Lipinski definition) is 5. The van der Waals surface area contributed by atoms with Crippen LogP contribution in [-0.4, -0.2) is 55.6 Å². The van der Waals surface area contributed by atoms with Crippen LogP contribution in [0.25, 0.3) is 0 Å². The van der Waals surface area contributed by atoms with Crippen LogP contribution in [0.15, 0.2) is 36.5 Å². The smallest absolute Gasteiger partial charge is 0.0606 e. The van der Waals surface area contributed by atoms with E-state index in [4.69, 9.17) is 10.2 Å². The number of nitrogens with zero attached hydrogens (tertiary/aromatic N) is 2. The number of aromatic nitrogens is 1. The van der Waals surface area contributed by atoms with E-state index in [1.807, 2.05) is 12.3 Å². The third kappa shape index (κ3) is 9.17. The summed E-state index contributed by atoms with van der Waals surface area (Å²) in [6, 6.07) is 10.7. The van der Waals surface area contributed by atoms with E-state index >= 15 is 0 Å². The number of anilines is 1. The van der Waals surface area contributed by atoms with E-state index in [2.05, 4.69) is 63.9 Å². The van der Waals surface area contributed by atoms with Crippen LogP contribution in [0.3, 0.4) is 0 Å². The number of rotatable bonds is 4. The molecular formula is C24H40N4O2S. The minimum atomic E-state index is 0.218. The quantitative estimate of drug-likeness (QED) is 0.463. The fourth-order valence-electron chi connectivity index (χ4n) is 3.91. The summed E-state index contributed by atoms with van der Waals surface area (Å²) in [6.45, 7) is 6.05. The molecule has 4 rings (SSSR count). The van der Waals surface area contributed by atoms with Gasteiger partial charge in [-0.25, -0.2) is 0 Å². The highest BCUT2D eigenvalue weighted by atomic mass is 32.1. The van der Waals surface area contributed by atoms with Gasteiger partial charge in [0.15, 0.2) is 0 Å². The van der Waals surface area contributed by atoms with Crippen molar-refractivity contribution >= 4 is 18.5 Å². The van der Waals surface area contributed by atoms with Crippen LogP contribution in [0.5, 0.6) is 0 Å². The molecular weight excluding hydrogens is 408 g/mol. The number of aliphatic hydroxyl groups is 2. The van der Waals surface area contributed by atoms with Gasteiger partial charge in [0, 0.05) is 44.3 Å². The Kier molecular flexibility index (Phi) is 15.0. The Morgan fingerprint density at radius 1 is 1.10 bits per heavy atom. The van der Waals surface area contributed by atoms with E-state index in [-0.39, 0.29) is 6.61 Å². The van der Waals surface area contributed by atoms with E-state index in [0.717, 1.165) is 39.7 Å². The van der Waals surface area contributed by atoms with Gasteiger partial charge in [-0.05, 0) is 81.4 Å². The van der Waals surface area contributed by atoms with Crippen molar-refractivity contribution in [2.75, 3.05) is 45.3 Å². The molecule has 1 aromatic heterocycles. The zero-order valence-corrected chi connectivity index (χ0v) is 20.2. The molecule has 31 heavy (non-hydrogen) atoms. The van der Waals surface area contributed by atoms with E-state index in [1.54, 1.807) is 7.05 Å². The molecule has 1 aliphatic carbocycles. The topological polar surface area (TPSA) is 80.7 Å². The Balaban J connectivity index is 0.000000273. The third-order valence-corrected chi connectivity index (χ3v) is 5.30. The average Bonchev–Trinajstić information content (AvgIpc) is 2.84. The SMILES string of the molecule is CCN(CCO)c1cccc2c1CCNC2.CNS.CO.c1cnc2c(c1)CCCC2. The molecule has 7 heteroatoms. The van der Waals surface area contributed by atoms with Crippen molar-refractivity contribution in [3.63, 3.8) is 0 Å². The largest absolute Gasteiger partial charge is 0.400 e. The Hall–Kier alpha value is -1.64. The van der Waals surface area contributed by atoms with Crippen LogP contribution in [0, 0.1) is 0 Å². The highest BCUT2D eigenvalue weighted by Crippen LogP contribution is 2.26. The number of likely N-dealkylation sites (N-methyl/N-ethyl adjacent to an activating group) is 1. The van der Waals surface area contributed by atoms with Crippen molar-refractivity contribution in [2.24, 2.45) is 0 Å². The predicted octanol–water partition coefficient (Wildman–Crippen LogP) is 2.77. The summed E-state index contributed by atoms with van der Waals surface area (Å²) in [5.41, 5.74) is 6.95. The van der Waals surface area contributed by atoms with E-state index in [0.29, 0.717) is 0 Å². The molecule has 0 bridgehead atoms. The second kappa shape index (κ2) is 17.0. The molecule has 0 fully saturated rings. The fourth-order valence-corrected chi connectivity index (χ4v) is 3.91. The molecule has 174 valence electrons. The van der Waals surface area contributed by atoms with Gasteiger partial charge < -0.3 is 20.4 Å². The predicted molar refractivity (Wildman–Crippen MR) is 134 cm³/mol. The monoisotopic (exact) mass is 448 g/mol. The maximum Gasteiger partial charge on any atom is 0.0606 e. The molecule has 0 amide bonds. The number of nitrogens with one attached hydrogen (secondary N) is 2. The molecule has 2 aliphatic rings. The first-order valence-corrected chi connectivity index (χ1v) is 11.5. The zero-order valence-electron chi connectivity index (χ0n) is 19.3. The summed E-state index contributed by atoms with van der Waals surface area (Å²) in [4.78, 5) is 6.57. The molecule has 2 heterocycles. The van der Waals surface area contributed by atoms with Crippen LogP contribution < -0.4 is 14.9 Å². The van der Waals surface area contributed by atoms with E-state index in [9.17, 15) is 0 Å². The molecule has 1 aliphatic heterocycles. The van der Waals surface area contributed by atoms with Gasteiger partial charge in [0.25, 0.3) is 0 Å². The first-order chi connectivity index (χ1) is 15.2. The first-order valence-electron chi connectivity index (χ1n) is 11.1. The number of benzene rings is 1. The average molecular weight is 449 g/mol. The zero-order chi connectivity index (χ0) is 22.9. The van der Waals surface area contributed by atoms with Crippen LogP contribution in [0.4, 0.5) is 5.69 Å². The Morgan fingerprint density at radius 3 is 2.48 bits per heavy atom. The lowest BCUT2D eigenvalue weighted by Gasteiger charge is -2.28. The molecule has 6 nitrogen and oxygen atoms in total. The minimum absolute atomic E-state index is 0.218. The van der Waals surface area contributed by atoms with Crippen LogP contribution in [0.2, 0.25) is 0 Å². The van der Waals surface area contributed by atoms with Crippen molar-refractivity contribution in [3.05, 3.63) is 58.9 Å². The molecule has 2 aromatic rings. The van der Waals surface area contributed by atoms with Crippen LogP contribution in [0.1, 0.15) is 42.1 Å². The second-order valence-electron chi connectivity index (χ2n) is 7.18. The molecule has 0 unspecified atom stereocenters. The summed E-state index contributed by atoms with van der Waals surface area (Å²) in [5, 5.41) is 19.5. The molecule has 0 saturated carbocycles. The molecule has 4 N–H and O–H groups in total. The summed E-state index contributed by atoms with van der Waals surface area (Å²) in [7, 11) is 2.74. The second-order valence-corrected chi connectivity index (χ2v) is 7.63. The molecule has 0 radical (unpaired) electrons. The highest BCUT2D eigenvalue weighted by molar-refractivity contribution is 7.78. The number of aryl methyl sites for hydroxylation is 2. The van der Waals surface area contributed by atoms with Gasteiger partial charge in [-0.2, -0.15) is 0 Å². The molecule has 0 saturated heterocycles. The summed E-state index contributed by atoms with van der Waals surface area (Å²) >= 11 is 3.54. The van der Waals surface area contributed by atoms with Gasteiger partial charge in [-0.15, -0.1) is 0 Å². The maximum atomic E-state index is 9.08. The molecule has 0 spiro atoms. The summed E-state index contributed by atoms with van der Waals surface area (Å²) < 4.78 is 2.44. The first kappa shape index (κ1) is 27.4. The number of pyridine rings is 1. The van der Waals surface area contributed by atoms with Crippen LogP contribution >= 0.6 is 12.8 Å². The van der Waals surface area contributed by atoms with Gasteiger partial charge in [0.2, 0.25) is 0 Å². The fraction of sp³-hybridized carbons (Fsp3) is 0.542. The summed E-state index contributed by atoms with van der Waals surface area (Å²) in [6.07, 6.45) is 8.08. The number of thiol groups is 1. The van der Waals surface area contributed by atoms with Gasteiger partial charge in [-0.1, -0.05) is 31.0 Å². The molecule has 1 aromatic carbocycles. The van der Waals surface area contributed by atoms with E-state index in [1.165, 1.54) is 53.8 Å². The van der Waals surface area contributed by atoms with Crippen molar-refractivity contribution in [2.45, 2.75) is 45.6 Å². The van der Waals surface area contributed by atoms with Gasteiger partial charge in [0.1, 0.15) is 0 Å². The maximum absolute atomic E-state index is 9.08. The van der Waals surface area contributed by atoms with E-state index < -0.39 is 0 Å². The lowest BCUT2D eigenvalue weighted by atomic mass is 9.96. The van der Waals surface area contributed by atoms with Crippen LogP contribution in [-0.2, 0) is 25.8 Å². The summed E-state index contributed by atoms with van der Waals surface area (Å²) in [5.74, 6) is 0. The minimum Gasteiger partial charge on any atom is -0.400 e. The number of hydrogen-bond acceptors (Lipinski definition) is 7. The van der Waals surface area contributed by atoms with Crippen molar-refractivity contribution in [1.29, 1.82) is 0 Å². The van der Waals surface area contributed by atoms with Gasteiger partial charge in [-0.3, -0.25) is 9.71 Å². The lowest BCUT2D eigenvalue weighted by Crippen LogP contribution is -2.30. The van der Waals surface area contributed by atoms with Crippen molar-refractivity contribution < 1.29 is 10.2 Å². The Morgan fingerprint density at radius 2 is 1.81 bits per heavy atom. The number of fused-ring (bicyclic) bond motifs is 2. The normalized spacial score (nSPS) is 13.6. The Bertz CT molecular complexity index is 705. The highest BCUT2D eigenvalue weighted by Gasteiger charge is 2.15. The Labute approximate surface area is 193 Å². The third-order valence-electron chi connectivity index (χ3n) is 5.30. The lowest BCUT2D eigenvalue weighted by molar-refractivity contribution is 0.302. The molecule has 0 atom stereocenters. The van der Waals surface area contributed by atoms with Gasteiger partial charge >= 0.3 is 0 Å². The standard InChI is InChI=1S/C13H20N2O.C9H11N.CH5NS.CH4O/c1-2-15(8-9-16)13-5-3-4-11-10-14-7-6-12(11)13;1-2-6-9-8(4-1)5-3-7-10-9;1-2-3;1-2/h3-5,14,16H,2,6-10H2,1H3;3,5,7H,1-2,4,6H2;2-3H,1H3;2H,1H3. The number of aliphatic hydroxyl groups excluding tert-OH is 2. The van der Waals surface area contributed by atoms with Crippen molar-refractivity contribution in [1.82, 2.24) is 15.0 Å². The van der Waals surface area contributed by atoms with Crippen molar-refractivity contribution in [3.8, 4) is 0 Å². The van der Waals surface area contributed by atoms with Gasteiger partial charge in [0.05, 0.1) is 6.61 Å².